The van der Waals surface area contributed by atoms with E-state index in [4.69, 9.17) is 16.7 Å². The van der Waals surface area contributed by atoms with Crippen LogP contribution >= 0.6 is 11.6 Å². The molecule has 1 rings (SSSR count). The number of ether oxygens (including phenoxy) is 1. The van der Waals surface area contributed by atoms with Crippen LogP contribution in [-0.2, 0) is 12.5 Å². The highest BCUT2D eigenvalue weighted by Gasteiger charge is 2.33. The second-order valence-electron chi connectivity index (χ2n) is 3.14. The average Bonchev–Trinajstić information content (AvgIpc) is 2.26. The summed E-state index contributed by atoms with van der Waals surface area (Å²) in [5.74, 6) is -1.47. The van der Waals surface area contributed by atoms with E-state index in [1.807, 2.05) is 0 Å². The van der Waals surface area contributed by atoms with E-state index in [9.17, 15) is 22.0 Å². The predicted octanol–water partition coefficient (Wildman–Crippen LogP) is 3.15. The SMILES string of the molecule is OCc1cc(CCl)c(C(F)F)nc1OC(F)(F)F. The molecule has 1 heterocycles. The first-order valence-corrected chi connectivity index (χ1v) is 5.05. The van der Waals surface area contributed by atoms with Gasteiger partial charge in [0, 0.05) is 11.4 Å². The molecule has 1 aromatic heterocycles. The number of aromatic nitrogens is 1. The molecule has 0 atom stereocenters. The Morgan fingerprint density at radius 2 is 1.94 bits per heavy atom. The number of hydrogen-bond acceptors (Lipinski definition) is 3. The van der Waals surface area contributed by atoms with Crippen molar-refractivity contribution in [3.8, 4) is 5.88 Å². The smallest absolute Gasteiger partial charge is 0.391 e. The molecule has 18 heavy (non-hydrogen) atoms. The summed E-state index contributed by atoms with van der Waals surface area (Å²) in [4.78, 5) is 3.06. The van der Waals surface area contributed by atoms with Crippen molar-refractivity contribution in [1.29, 1.82) is 0 Å². The summed E-state index contributed by atoms with van der Waals surface area (Å²) in [5.41, 5.74) is -1.43. The maximum atomic E-state index is 12.5. The Morgan fingerprint density at radius 3 is 2.33 bits per heavy atom. The normalized spacial score (nSPS) is 12.0. The van der Waals surface area contributed by atoms with Crippen LogP contribution in [0.15, 0.2) is 6.07 Å². The van der Waals surface area contributed by atoms with Gasteiger partial charge in [0.1, 0.15) is 5.69 Å². The van der Waals surface area contributed by atoms with Gasteiger partial charge in [0.15, 0.2) is 0 Å². The quantitative estimate of drug-likeness (QED) is 0.684. The number of rotatable bonds is 4. The first-order valence-electron chi connectivity index (χ1n) is 4.52. The molecule has 102 valence electrons. The second kappa shape index (κ2) is 5.66. The molecule has 3 nitrogen and oxygen atoms in total. The Hall–Kier alpha value is -1.15. The van der Waals surface area contributed by atoms with Crippen LogP contribution in [0, 0.1) is 0 Å². The third-order valence-electron chi connectivity index (χ3n) is 1.91. The van der Waals surface area contributed by atoms with Gasteiger partial charge in [-0.25, -0.2) is 13.8 Å². The molecule has 0 saturated heterocycles. The number of nitrogens with zero attached hydrogens (tertiary/aromatic N) is 1. The molecule has 0 spiro atoms. The molecule has 1 aromatic rings. The summed E-state index contributed by atoms with van der Waals surface area (Å²) < 4.78 is 64.6. The zero-order valence-corrected chi connectivity index (χ0v) is 9.40. The molecule has 1 N–H and O–H groups in total. The number of alkyl halides is 6. The van der Waals surface area contributed by atoms with Gasteiger partial charge in [-0.2, -0.15) is 0 Å². The molecule has 0 bridgehead atoms. The highest BCUT2D eigenvalue weighted by Crippen LogP contribution is 2.31. The Kier molecular flexibility index (Phi) is 4.69. The molecule has 9 heteroatoms. The van der Waals surface area contributed by atoms with Crippen molar-refractivity contribution in [3.05, 3.63) is 22.9 Å². The maximum absolute atomic E-state index is 12.5. The molecule has 0 aliphatic rings. The number of pyridine rings is 1. The molecule has 0 aromatic carbocycles. The standard InChI is InChI=1S/C9H7ClF5NO2/c10-2-4-1-5(3-17)8(18-9(13,14)15)16-6(4)7(11)12/h1,7,17H,2-3H2. The Bertz CT molecular complexity index is 424. The van der Waals surface area contributed by atoms with E-state index >= 15 is 0 Å². The fraction of sp³-hybridized carbons (Fsp3) is 0.444. The Labute approximate surface area is 103 Å². The van der Waals surface area contributed by atoms with Crippen molar-refractivity contribution in [2.45, 2.75) is 25.3 Å². The summed E-state index contributed by atoms with van der Waals surface area (Å²) in [6.07, 6.45) is -8.18. The summed E-state index contributed by atoms with van der Waals surface area (Å²) in [6, 6.07) is 0.905. The van der Waals surface area contributed by atoms with Gasteiger partial charge >= 0.3 is 6.36 Å². The van der Waals surface area contributed by atoms with Crippen molar-refractivity contribution < 1.29 is 31.8 Å². The van der Waals surface area contributed by atoms with Crippen LogP contribution in [0.4, 0.5) is 22.0 Å². The van der Waals surface area contributed by atoms with E-state index in [0.717, 1.165) is 6.07 Å². The number of hydrogen-bond donors (Lipinski definition) is 1. The lowest BCUT2D eigenvalue weighted by molar-refractivity contribution is -0.276. The van der Waals surface area contributed by atoms with Crippen molar-refractivity contribution >= 4 is 11.6 Å². The lowest BCUT2D eigenvalue weighted by Crippen LogP contribution is -2.20. The average molecular weight is 292 g/mol. The van der Waals surface area contributed by atoms with Gasteiger partial charge in [-0.05, 0) is 11.6 Å². The van der Waals surface area contributed by atoms with Crippen LogP contribution in [0.2, 0.25) is 0 Å². The molecule has 0 radical (unpaired) electrons. The molecule has 0 aliphatic heterocycles. The van der Waals surface area contributed by atoms with Gasteiger partial charge in [-0.15, -0.1) is 24.8 Å². The summed E-state index contributed by atoms with van der Waals surface area (Å²) in [7, 11) is 0. The van der Waals surface area contributed by atoms with E-state index in [1.165, 1.54) is 0 Å². The fourth-order valence-corrected chi connectivity index (χ4v) is 1.42. The van der Waals surface area contributed by atoms with E-state index in [1.54, 1.807) is 0 Å². The lowest BCUT2D eigenvalue weighted by Gasteiger charge is -2.14. The van der Waals surface area contributed by atoms with Gasteiger partial charge in [-0.1, -0.05) is 0 Å². The topological polar surface area (TPSA) is 42.4 Å². The molecule has 0 unspecified atom stereocenters. The number of aliphatic hydroxyl groups is 1. The number of aliphatic hydroxyl groups excluding tert-OH is 1. The third kappa shape index (κ3) is 3.67. The lowest BCUT2D eigenvalue weighted by atomic mass is 10.1. The van der Waals surface area contributed by atoms with Crippen molar-refractivity contribution in [2.75, 3.05) is 0 Å². The zero-order chi connectivity index (χ0) is 13.9. The van der Waals surface area contributed by atoms with Crippen LogP contribution in [0.25, 0.3) is 0 Å². The molecule has 0 saturated carbocycles. The molecule has 0 amide bonds. The van der Waals surface area contributed by atoms with Gasteiger partial charge in [-0.3, -0.25) is 0 Å². The first kappa shape index (κ1) is 14.9. The van der Waals surface area contributed by atoms with Crippen molar-refractivity contribution in [1.82, 2.24) is 4.98 Å². The van der Waals surface area contributed by atoms with Crippen LogP contribution in [0.3, 0.4) is 0 Å². The van der Waals surface area contributed by atoms with Gasteiger partial charge in [0.25, 0.3) is 6.43 Å². The van der Waals surface area contributed by atoms with Crippen LogP contribution < -0.4 is 4.74 Å². The predicted molar refractivity (Wildman–Crippen MR) is 51.4 cm³/mol. The summed E-state index contributed by atoms with van der Waals surface area (Å²) >= 11 is 5.37. The van der Waals surface area contributed by atoms with E-state index in [-0.39, 0.29) is 17.0 Å². The monoisotopic (exact) mass is 291 g/mol. The van der Waals surface area contributed by atoms with E-state index in [2.05, 4.69) is 9.72 Å². The van der Waals surface area contributed by atoms with Crippen LogP contribution in [0.1, 0.15) is 23.2 Å². The maximum Gasteiger partial charge on any atom is 0.574 e. The highest BCUT2D eigenvalue weighted by atomic mass is 35.5. The minimum Gasteiger partial charge on any atom is -0.391 e. The third-order valence-corrected chi connectivity index (χ3v) is 2.20. The van der Waals surface area contributed by atoms with Crippen molar-refractivity contribution in [2.24, 2.45) is 0 Å². The fourth-order valence-electron chi connectivity index (χ4n) is 1.21. The minimum atomic E-state index is -5.08. The summed E-state index contributed by atoms with van der Waals surface area (Å²) in [6.45, 7) is -0.841. The summed E-state index contributed by atoms with van der Waals surface area (Å²) in [5, 5.41) is 8.85. The van der Waals surface area contributed by atoms with Gasteiger partial charge < -0.3 is 9.84 Å². The van der Waals surface area contributed by atoms with E-state index < -0.39 is 31.0 Å². The Balaban J connectivity index is 3.27. The van der Waals surface area contributed by atoms with Gasteiger partial charge in [0.2, 0.25) is 5.88 Å². The van der Waals surface area contributed by atoms with Crippen LogP contribution in [0.5, 0.6) is 5.88 Å². The van der Waals surface area contributed by atoms with Gasteiger partial charge in [0.05, 0.1) is 6.61 Å². The largest absolute Gasteiger partial charge is 0.574 e. The molecule has 0 aliphatic carbocycles. The van der Waals surface area contributed by atoms with Crippen molar-refractivity contribution in [3.63, 3.8) is 0 Å². The molecular weight excluding hydrogens is 285 g/mol. The Morgan fingerprint density at radius 1 is 1.33 bits per heavy atom. The van der Waals surface area contributed by atoms with Crippen LogP contribution in [-0.4, -0.2) is 16.5 Å². The molecular formula is C9H7ClF5NO2. The molecule has 0 fully saturated rings. The first-order chi connectivity index (χ1) is 8.28. The highest BCUT2D eigenvalue weighted by molar-refractivity contribution is 6.17. The number of halogens is 6. The zero-order valence-electron chi connectivity index (χ0n) is 8.64. The minimum absolute atomic E-state index is 0.162. The van der Waals surface area contributed by atoms with E-state index in [0.29, 0.717) is 0 Å². The second-order valence-corrected chi connectivity index (χ2v) is 3.40.